The Hall–Kier alpha value is -1.66. The van der Waals surface area contributed by atoms with Crippen LogP contribution in [-0.4, -0.2) is 46.6 Å². The number of esters is 2. The van der Waals surface area contributed by atoms with E-state index in [0.29, 0.717) is 19.3 Å². The van der Waals surface area contributed by atoms with Gasteiger partial charge >= 0.3 is 11.9 Å². The Balaban J connectivity index is 1.81. The number of rotatable bonds is 6. The second-order valence-corrected chi connectivity index (χ2v) is 10.3. The van der Waals surface area contributed by atoms with E-state index < -0.39 is 23.7 Å². The number of allylic oxidation sites excluding steroid dienone is 2. The van der Waals surface area contributed by atoms with Crippen LogP contribution in [0.15, 0.2) is 23.8 Å². The predicted molar refractivity (Wildman–Crippen MR) is 117 cm³/mol. The molecule has 6 heteroatoms. The molecule has 8 atom stereocenters. The average Bonchev–Trinajstić information content (AvgIpc) is 2.70. The third-order valence-corrected chi connectivity index (χ3v) is 7.54. The number of carbonyl (C=O) groups is 2. The van der Waals surface area contributed by atoms with Gasteiger partial charge in [0, 0.05) is 18.3 Å². The van der Waals surface area contributed by atoms with Crippen molar-refractivity contribution < 1.29 is 29.3 Å². The summed E-state index contributed by atoms with van der Waals surface area (Å²) in [5.41, 5.74) is 0.496. The van der Waals surface area contributed by atoms with E-state index in [1.165, 1.54) is 0 Å². The molecule has 6 nitrogen and oxygen atoms in total. The fourth-order valence-electron chi connectivity index (χ4n) is 5.03. The lowest BCUT2D eigenvalue weighted by Crippen LogP contribution is -2.50. The summed E-state index contributed by atoms with van der Waals surface area (Å²) in [6.45, 7) is 9.78. The Morgan fingerprint density at radius 1 is 1.23 bits per heavy atom. The predicted octanol–water partition coefficient (Wildman–Crippen LogP) is 3.56. The molecule has 0 radical (unpaired) electrons. The molecule has 0 aromatic carbocycles. The van der Waals surface area contributed by atoms with Crippen LogP contribution in [0.25, 0.3) is 0 Å². The van der Waals surface area contributed by atoms with Gasteiger partial charge in [0.05, 0.1) is 24.0 Å². The largest absolute Gasteiger partial charge is 0.462 e. The molecule has 1 heterocycles. The summed E-state index contributed by atoms with van der Waals surface area (Å²) in [5, 5.41) is 20.9. The van der Waals surface area contributed by atoms with Crippen molar-refractivity contribution in [2.24, 2.45) is 29.1 Å². The number of carbonyl (C=O) groups excluding carboxylic acids is 2. The first kappa shape index (κ1) is 24.0. The van der Waals surface area contributed by atoms with Gasteiger partial charge in [0.1, 0.15) is 12.2 Å². The van der Waals surface area contributed by atoms with Gasteiger partial charge in [0.2, 0.25) is 0 Å². The molecule has 0 aromatic rings. The molecule has 0 saturated carbocycles. The number of fused-ring (bicyclic) bond motifs is 1. The minimum Gasteiger partial charge on any atom is -0.462 e. The zero-order chi connectivity index (χ0) is 22.9. The molecular formula is C25H38O6. The van der Waals surface area contributed by atoms with Crippen LogP contribution in [0.3, 0.4) is 0 Å². The van der Waals surface area contributed by atoms with E-state index >= 15 is 0 Å². The van der Waals surface area contributed by atoms with Gasteiger partial charge in [0.15, 0.2) is 0 Å². The van der Waals surface area contributed by atoms with E-state index in [2.05, 4.69) is 25.2 Å². The number of ether oxygens (including phenoxy) is 2. The van der Waals surface area contributed by atoms with Gasteiger partial charge in [-0.2, -0.15) is 0 Å². The van der Waals surface area contributed by atoms with E-state index in [1.807, 2.05) is 27.7 Å². The quantitative estimate of drug-likeness (QED) is 0.621. The zero-order valence-electron chi connectivity index (χ0n) is 19.4. The number of hydrogen-bond donors (Lipinski definition) is 2. The number of aliphatic hydroxyl groups is 2. The van der Waals surface area contributed by atoms with Crippen LogP contribution >= 0.6 is 0 Å². The first-order chi connectivity index (χ1) is 14.5. The van der Waals surface area contributed by atoms with E-state index in [1.54, 1.807) is 0 Å². The fourth-order valence-corrected chi connectivity index (χ4v) is 5.03. The summed E-state index contributed by atoms with van der Waals surface area (Å²) < 4.78 is 11.5. The summed E-state index contributed by atoms with van der Waals surface area (Å²) in [6, 6.07) is 0. The topological polar surface area (TPSA) is 93.1 Å². The Kier molecular flexibility index (Phi) is 7.32. The highest BCUT2D eigenvalue weighted by Crippen LogP contribution is 2.45. The molecular weight excluding hydrogens is 396 g/mol. The van der Waals surface area contributed by atoms with Crippen molar-refractivity contribution in [1.29, 1.82) is 0 Å². The molecule has 174 valence electrons. The van der Waals surface area contributed by atoms with Gasteiger partial charge in [-0.05, 0) is 50.5 Å². The molecule has 3 unspecified atom stereocenters. The summed E-state index contributed by atoms with van der Waals surface area (Å²) in [4.78, 5) is 24.6. The van der Waals surface area contributed by atoms with Crippen molar-refractivity contribution in [1.82, 2.24) is 0 Å². The first-order valence-electron chi connectivity index (χ1n) is 11.7. The molecule has 1 aliphatic heterocycles. The van der Waals surface area contributed by atoms with E-state index in [0.717, 1.165) is 12.0 Å². The Labute approximate surface area is 185 Å². The monoisotopic (exact) mass is 434 g/mol. The molecule has 3 aliphatic rings. The molecule has 2 N–H and O–H groups in total. The highest BCUT2D eigenvalue weighted by atomic mass is 16.6. The SMILES string of the molecule is CCC(C)(C)C(=O)O[C@H]1C(O)[C@@H](C)C=C2C=CC(C)[C@H](CCC3C[C@@H](O)CC(=O)O3)[C@H]21. The molecule has 0 bridgehead atoms. The van der Waals surface area contributed by atoms with Crippen LogP contribution in [-0.2, 0) is 19.1 Å². The van der Waals surface area contributed by atoms with Crippen LogP contribution in [0.1, 0.15) is 66.7 Å². The Morgan fingerprint density at radius 3 is 2.58 bits per heavy atom. The molecule has 0 aromatic heterocycles. The van der Waals surface area contributed by atoms with Gasteiger partial charge < -0.3 is 19.7 Å². The van der Waals surface area contributed by atoms with Crippen molar-refractivity contribution in [3.8, 4) is 0 Å². The Bertz CT molecular complexity index is 738. The lowest BCUT2D eigenvalue weighted by atomic mass is 9.64. The van der Waals surface area contributed by atoms with Gasteiger partial charge in [0.25, 0.3) is 0 Å². The van der Waals surface area contributed by atoms with E-state index in [9.17, 15) is 19.8 Å². The number of cyclic esters (lactones) is 1. The summed E-state index contributed by atoms with van der Waals surface area (Å²) >= 11 is 0. The van der Waals surface area contributed by atoms with Crippen LogP contribution in [0.5, 0.6) is 0 Å². The minimum atomic E-state index is -0.763. The van der Waals surface area contributed by atoms with Crippen LogP contribution < -0.4 is 0 Å². The van der Waals surface area contributed by atoms with Crippen molar-refractivity contribution >= 4 is 11.9 Å². The standard InChI is InChI=1S/C25H38O6/c1-6-25(4,5)24(29)31-23-21-16(11-15(3)22(23)28)8-7-14(2)19(21)10-9-18-12-17(26)13-20(27)30-18/h7-8,11,14-15,17-19,21-23,26,28H,6,9-10,12-13H2,1-5H3/t14?,15-,17+,18?,19-,21-,22?,23+/m0/s1. The van der Waals surface area contributed by atoms with Crippen molar-refractivity contribution in [2.75, 3.05) is 0 Å². The molecule has 1 saturated heterocycles. The molecule has 2 aliphatic carbocycles. The van der Waals surface area contributed by atoms with Gasteiger partial charge in [-0.3, -0.25) is 9.59 Å². The molecule has 31 heavy (non-hydrogen) atoms. The highest BCUT2D eigenvalue weighted by molar-refractivity contribution is 5.76. The second kappa shape index (κ2) is 9.45. The molecule has 1 fully saturated rings. The maximum absolute atomic E-state index is 12.9. The second-order valence-electron chi connectivity index (χ2n) is 10.3. The highest BCUT2D eigenvalue weighted by Gasteiger charge is 2.47. The normalized spacial score (nSPS) is 38.2. The fraction of sp³-hybridized carbons (Fsp3) is 0.760. The van der Waals surface area contributed by atoms with Crippen LogP contribution in [0.4, 0.5) is 0 Å². The first-order valence-corrected chi connectivity index (χ1v) is 11.7. The molecule has 0 spiro atoms. The summed E-state index contributed by atoms with van der Waals surface area (Å²) in [7, 11) is 0. The lowest BCUT2D eigenvalue weighted by Gasteiger charge is -2.46. The average molecular weight is 435 g/mol. The number of aliphatic hydroxyl groups excluding tert-OH is 2. The zero-order valence-corrected chi connectivity index (χ0v) is 19.4. The molecule has 3 rings (SSSR count). The number of hydrogen-bond acceptors (Lipinski definition) is 6. The lowest BCUT2D eigenvalue weighted by molar-refractivity contribution is -0.174. The van der Waals surface area contributed by atoms with Gasteiger partial charge in [-0.25, -0.2) is 0 Å². The van der Waals surface area contributed by atoms with E-state index in [-0.39, 0.29) is 48.1 Å². The maximum atomic E-state index is 12.9. The van der Waals surface area contributed by atoms with Gasteiger partial charge in [-0.15, -0.1) is 0 Å². The summed E-state index contributed by atoms with van der Waals surface area (Å²) in [6.07, 6.45) is 6.62. The van der Waals surface area contributed by atoms with Crippen molar-refractivity contribution in [2.45, 2.75) is 91.1 Å². The third-order valence-electron chi connectivity index (χ3n) is 7.54. The molecule has 0 amide bonds. The smallest absolute Gasteiger partial charge is 0.311 e. The van der Waals surface area contributed by atoms with E-state index in [4.69, 9.17) is 9.47 Å². The minimum absolute atomic E-state index is 0.0594. The van der Waals surface area contributed by atoms with Crippen LogP contribution in [0.2, 0.25) is 0 Å². The third kappa shape index (κ3) is 5.23. The van der Waals surface area contributed by atoms with Crippen molar-refractivity contribution in [3.05, 3.63) is 23.8 Å². The van der Waals surface area contributed by atoms with Crippen LogP contribution in [0, 0.1) is 29.1 Å². The maximum Gasteiger partial charge on any atom is 0.311 e. The van der Waals surface area contributed by atoms with Crippen molar-refractivity contribution in [3.63, 3.8) is 0 Å². The van der Waals surface area contributed by atoms with Gasteiger partial charge in [-0.1, -0.05) is 39.0 Å². The Morgan fingerprint density at radius 2 is 1.94 bits per heavy atom. The summed E-state index contributed by atoms with van der Waals surface area (Å²) in [5.74, 6) is -0.478.